The molecule has 0 fully saturated rings. The quantitative estimate of drug-likeness (QED) is 0.814. The summed E-state index contributed by atoms with van der Waals surface area (Å²) in [6.45, 7) is 0.165. The normalized spacial score (nSPS) is 16.3. The Bertz CT molecular complexity index is 810. The average molecular weight is 367 g/mol. The Kier molecular flexibility index (Phi) is 4.89. The molecule has 1 atom stereocenters. The summed E-state index contributed by atoms with van der Waals surface area (Å²) in [6, 6.07) is 3.32. The Morgan fingerprint density at radius 3 is 3.04 bits per heavy atom. The highest BCUT2D eigenvalue weighted by molar-refractivity contribution is 6.30. The van der Waals surface area contributed by atoms with Gasteiger partial charge >= 0.3 is 12.0 Å². The first-order chi connectivity index (χ1) is 12.0. The van der Waals surface area contributed by atoms with Crippen LogP contribution < -0.4 is 5.32 Å². The van der Waals surface area contributed by atoms with E-state index in [0.717, 1.165) is 5.69 Å². The predicted molar refractivity (Wildman–Crippen MR) is 87.7 cm³/mol. The number of methoxy groups -OCH3 is 1. The Morgan fingerprint density at radius 2 is 2.32 bits per heavy atom. The molecule has 2 heterocycles. The van der Waals surface area contributed by atoms with Crippen LogP contribution in [0.4, 0.5) is 9.18 Å². The van der Waals surface area contributed by atoms with Gasteiger partial charge in [0.2, 0.25) is 0 Å². The van der Waals surface area contributed by atoms with Crippen molar-refractivity contribution in [3.05, 3.63) is 52.3 Å². The third-order valence-electron chi connectivity index (χ3n) is 4.06. The number of fused-ring (bicyclic) bond motifs is 1. The molecular weight excluding hydrogens is 351 g/mol. The molecule has 1 aromatic heterocycles. The number of carbonyl (C=O) groups excluding carboxylic acids is 2. The van der Waals surface area contributed by atoms with Gasteiger partial charge in [-0.15, -0.1) is 0 Å². The van der Waals surface area contributed by atoms with E-state index in [4.69, 9.17) is 11.6 Å². The lowest BCUT2D eigenvalue weighted by Crippen LogP contribution is -2.47. The van der Waals surface area contributed by atoms with E-state index in [0.29, 0.717) is 24.2 Å². The van der Waals surface area contributed by atoms with Crippen molar-refractivity contribution in [1.82, 2.24) is 20.2 Å². The zero-order chi connectivity index (χ0) is 18.0. The molecule has 3 rings (SSSR count). The van der Waals surface area contributed by atoms with Gasteiger partial charge in [0.25, 0.3) is 0 Å². The van der Waals surface area contributed by atoms with Gasteiger partial charge in [0.05, 0.1) is 24.2 Å². The van der Waals surface area contributed by atoms with Crippen LogP contribution >= 0.6 is 11.6 Å². The van der Waals surface area contributed by atoms with Gasteiger partial charge in [0.1, 0.15) is 18.4 Å². The second kappa shape index (κ2) is 7.10. The molecule has 0 saturated carbocycles. The van der Waals surface area contributed by atoms with E-state index in [9.17, 15) is 14.0 Å². The maximum absolute atomic E-state index is 13.5. The number of halogens is 2. The molecule has 0 radical (unpaired) electrons. The molecule has 0 saturated heterocycles. The van der Waals surface area contributed by atoms with Crippen LogP contribution in [0.2, 0.25) is 5.02 Å². The molecule has 1 aromatic carbocycles. The second-order valence-corrected chi connectivity index (χ2v) is 5.93. The summed E-state index contributed by atoms with van der Waals surface area (Å²) in [5, 5.41) is 2.49. The minimum Gasteiger partial charge on any atom is -0.468 e. The maximum atomic E-state index is 13.5. The van der Waals surface area contributed by atoms with Gasteiger partial charge in [-0.1, -0.05) is 17.7 Å². The SMILES string of the molecule is COC(=O)CNC(=O)N1CCc2[nH]cnc2C1c1ccc(F)c(Cl)c1. The first kappa shape index (κ1) is 17.2. The zero-order valence-electron chi connectivity index (χ0n) is 13.4. The topological polar surface area (TPSA) is 87.3 Å². The zero-order valence-corrected chi connectivity index (χ0v) is 14.1. The third-order valence-corrected chi connectivity index (χ3v) is 4.35. The van der Waals surface area contributed by atoms with Gasteiger partial charge in [-0.3, -0.25) is 4.79 Å². The van der Waals surface area contributed by atoms with E-state index in [1.54, 1.807) is 12.4 Å². The number of nitrogens with one attached hydrogen (secondary N) is 2. The summed E-state index contributed by atoms with van der Waals surface area (Å²) < 4.78 is 18.0. The number of carbonyl (C=O) groups is 2. The fourth-order valence-corrected chi connectivity index (χ4v) is 3.03. The van der Waals surface area contributed by atoms with E-state index >= 15 is 0 Å². The lowest BCUT2D eigenvalue weighted by molar-refractivity contribution is -0.139. The van der Waals surface area contributed by atoms with Crippen molar-refractivity contribution in [2.24, 2.45) is 0 Å². The van der Waals surface area contributed by atoms with Crippen LogP contribution in [0, 0.1) is 5.82 Å². The van der Waals surface area contributed by atoms with Gasteiger partial charge in [0.15, 0.2) is 0 Å². The van der Waals surface area contributed by atoms with Crippen LogP contribution in [-0.2, 0) is 16.0 Å². The molecular formula is C16H16ClFN4O3. The van der Waals surface area contributed by atoms with E-state index in [-0.39, 0.29) is 11.6 Å². The minimum atomic E-state index is -0.549. The number of aromatic nitrogens is 2. The fraction of sp³-hybridized carbons (Fsp3) is 0.312. The number of H-pyrrole nitrogens is 1. The minimum absolute atomic E-state index is 0.0323. The molecule has 132 valence electrons. The Balaban J connectivity index is 1.92. The number of urea groups is 1. The predicted octanol–water partition coefficient (Wildman–Crippen LogP) is 2.03. The first-order valence-electron chi connectivity index (χ1n) is 7.59. The number of aromatic amines is 1. The van der Waals surface area contributed by atoms with Gasteiger partial charge in [0, 0.05) is 18.7 Å². The van der Waals surface area contributed by atoms with Crippen molar-refractivity contribution < 1.29 is 18.7 Å². The summed E-state index contributed by atoms with van der Waals surface area (Å²) >= 11 is 5.90. The molecule has 0 bridgehead atoms. The van der Waals surface area contributed by atoms with Crippen LogP contribution in [0.25, 0.3) is 0 Å². The van der Waals surface area contributed by atoms with Crippen molar-refractivity contribution in [2.75, 3.05) is 20.2 Å². The highest BCUT2D eigenvalue weighted by Gasteiger charge is 2.34. The summed E-state index contributed by atoms with van der Waals surface area (Å²) in [5.74, 6) is -1.09. The molecule has 1 aliphatic heterocycles. The van der Waals surface area contributed by atoms with Gasteiger partial charge < -0.3 is 19.9 Å². The van der Waals surface area contributed by atoms with Gasteiger partial charge in [-0.05, 0) is 17.7 Å². The van der Waals surface area contributed by atoms with Crippen LogP contribution in [0.15, 0.2) is 24.5 Å². The van der Waals surface area contributed by atoms with Gasteiger partial charge in [-0.2, -0.15) is 0 Å². The number of benzene rings is 1. The largest absolute Gasteiger partial charge is 0.468 e. The van der Waals surface area contributed by atoms with E-state index in [2.05, 4.69) is 20.0 Å². The van der Waals surface area contributed by atoms with Crippen molar-refractivity contribution in [3.63, 3.8) is 0 Å². The summed E-state index contributed by atoms with van der Waals surface area (Å²) in [7, 11) is 1.24. The Labute approximate surface area is 148 Å². The van der Waals surface area contributed by atoms with E-state index < -0.39 is 23.9 Å². The number of hydrogen-bond donors (Lipinski definition) is 2. The third kappa shape index (κ3) is 3.43. The number of imidazole rings is 1. The van der Waals surface area contributed by atoms with Crippen LogP contribution in [-0.4, -0.2) is 47.1 Å². The molecule has 2 amide bonds. The van der Waals surface area contributed by atoms with Crippen LogP contribution in [0.3, 0.4) is 0 Å². The second-order valence-electron chi connectivity index (χ2n) is 5.52. The van der Waals surface area contributed by atoms with E-state index in [1.165, 1.54) is 24.1 Å². The smallest absolute Gasteiger partial charge is 0.325 e. The summed E-state index contributed by atoms with van der Waals surface area (Å²) in [5.41, 5.74) is 2.21. The standard InChI is InChI=1S/C16H16ClFN4O3/c1-25-13(23)7-19-16(24)22-5-4-12-14(21-8-20-12)15(22)9-2-3-11(18)10(17)6-9/h2-3,6,8,15H,4-5,7H2,1H3,(H,19,24)(H,20,21). The highest BCUT2D eigenvalue weighted by atomic mass is 35.5. The average Bonchev–Trinajstić information content (AvgIpc) is 3.09. The fourth-order valence-electron chi connectivity index (χ4n) is 2.84. The summed E-state index contributed by atoms with van der Waals surface area (Å²) in [4.78, 5) is 32.7. The number of ether oxygens (including phenoxy) is 1. The number of hydrogen-bond acceptors (Lipinski definition) is 4. The molecule has 25 heavy (non-hydrogen) atoms. The molecule has 0 spiro atoms. The number of nitrogens with zero attached hydrogens (tertiary/aromatic N) is 2. The van der Waals surface area contributed by atoms with Crippen molar-refractivity contribution in [3.8, 4) is 0 Å². The van der Waals surface area contributed by atoms with E-state index in [1.807, 2.05) is 0 Å². The maximum Gasteiger partial charge on any atom is 0.325 e. The molecule has 2 N–H and O–H groups in total. The molecule has 9 heteroatoms. The Hall–Kier alpha value is -2.61. The number of esters is 1. The first-order valence-corrected chi connectivity index (χ1v) is 7.97. The van der Waals surface area contributed by atoms with Crippen molar-refractivity contribution >= 4 is 23.6 Å². The summed E-state index contributed by atoms with van der Waals surface area (Å²) in [6.07, 6.45) is 2.14. The number of rotatable bonds is 3. The van der Waals surface area contributed by atoms with Crippen LogP contribution in [0.5, 0.6) is 0 Å². The number of amides is 2. The molecule has 0 aliphatic carbocycles. The highest BCUT2D eigenvalue weighted by Crippen LogP contribution is 2.34. The Morgan fingerprint density at radius 1 is 1.52 bits per heavy atom. The molecule has 2 aromatic rings. The molecule has 1 unspecified atom stereocenters. The lowest BCUT2D eigenvalue weighted by atomic mass is 9.96. The van der Waals surface area contributed by atoms with Crippen LogP contribution in [0.1, 0.15) is 23.0 Å². The van der Waals surface area contributed by atoms with Gasteiger partial charge in [-0.25, -0.2) is 14.2 Å². The molecule has 7 nitrogen and oxygen atoms in total. The lowest BCUT2D eigenvalue weighted by Gasteiger charge is -2.35. The van der Waals surface area contributed by atoms with Crippen molar-refractivity contribution in [1.29, 1.82) is 0 Å². The monoisotopic (exact) mass is 366 g/mol. The van der Waals surface area contributed by atoms with Crippen molar-refractivity contribution in [2.45, 2.75) is 12.5 Å². The molecule has 1 aliphatic rings.